The van der Waals surface area contributed by atoms with Crippen molar-refractivity contribution in [2.24, 2.45) is 9.81 Å². The van der Waals surface area contributed by atoms with E-state index in [2.05, 4.69) is 34.2 Å². The molecular formula is C12H15BrN2O2S. The Labute approximate surface area is 116 Å². The van der Waals surface area contributed by atoms with Gasteiger partial charge in [-0.1, -0.05) is 41.9 Å². The molecule has 18 heavy (non-hydrogen) atoms. The Morgan fingerprint density at radius 3 is 2.67 bits per heavy atom. The highest BCUT2D eigenvalue weighted by Gasteiger charge is 2.28. The van der Waals surface area contributed by atoms with Crippen LogP contribution in [0.15, 0.2) is 33.6 Å². The molecule has 0 aromatic heterocycles. The third kappa shape index (κ3) is 2.59. The molecule has 98 valence electrons. The molecule has 0 spiro atoms. The topological polar surface area (TPSA) is 49.7 Å². The van der Waals surface area contributed by atoms with Crippen LogP contribution in [-0.4, -0.2) is 26.6 Å². The maximum absolute atomic E-state index is 11.8. The second-order valence-corrected chi connectivity index (χ2v) is 7.25. The smallest absolute Gasteiger partial charge is 0.285 e. The van der Waals surface area contributed by atoms with Gasteiger partial charge in [-0.15, -0.1) is 4.40 Å². The molecule has 0 N–H and O–H groups in total. The SMILES string of the molecule is CC(C)(CBr)CN1C=NS(=O)(=O)c2ccccc21. The molecule has 4 nitrogen and oxygen atoms in total. The van der Waals surface area contributed by atoms with Crippen LogP contribution in [0.1, 0.15) is 13.8 Å². The predicted octanol–water partition coefficient (Wildman–Crippen LogP) is 2.64. The van der Waals surface area contributed by atoms with E-state index in [1.165, 1.54) is 6.34 Å². The maximum atomic E-state index is 11.8. The van der Waals surface area contributed by atoms with Gasteiger partial charge in [-0.2, -0.15) is 8.42 Å². The summed E-state index contributed by atoms with van der Waals surface area (Å²) in [4.78, 5) is 2.16. The fourth-order valence-corrected chi connectivity index (χ4v) is 3.01. The quantitative estimate of drug-likeness (QED) is 0.800. The van der Waals surface area contributed by atoms with Gasteiger partial charge in [0.05, 0.1) is 5.69 Å². The maximum Gasteiger partial charge on any atom is 0.285 e. The minimum absolute atomic E-state index is 0.0280. The molecule has 0 amide bonds. The lowest BCUT2D eigenvalue weighted by molar-refractivity contribution is 0.441. The Kier molecular flexibility index (Phi) is 3.51. The molecule has 0 aliphatic carbocycles. The van der Waals surface area contributed by atoms with E-state index in [0.717, 1.165) is 5.33 Å². The van der Waals surface area contributed by atoms with E-state index in [1.54, 1.807) is 12.1 Å². The Bertz CT molecular complexity index is 581. The van der Waals surface area contributed by atoms with Crippen LogP contribution in [0.25, 0.3) is 0 Å². The van der Waals surface area contributed by atoms with Crippen LogP contribution in [0.2, 0.25) is 0 Å². The Morgan fingerprint density at radius 2 is 2.00 bits per heavy atom. The van der Waals surface area contributed by atoms with Crippen molar-refractivity contribution in [3.05, 3.63) is 24.3 Å². The summed E-state index contributed by atoms with van der Waals surface area (Å²) in [5, 5.41) is 0.833. The summed E-state index contributed by atoms with van der Waals surface area (Å²) in [5.74, 6) is 0. The van der Waals surface area contributed by atoms with Crippen LogP contribution in [0.3, 0.4) is 0 Å². The summed E-state index contributed by atoms with van der Waals surface area (Å²) in [7, 11) is -3.52. The third-order valence-electron chi connectivity index (χ3n) is 2.74. The lowest BCUT2D eigenvalue weighted by Crippen LogP contribution is -2.37. The van der Waals surface area contributed by atoms with Gasteiger partial charge in [-0.25, -0.2) is 0 Å². The number of sulfonamides is 1. The number of halogens is 1. The van der Waals surface area contributed by atoms with Gasteiger partial charge in [0.15, 0.2) is 0 Å². The van der Waals surface area contributed by atoms with Gasteiger partial charge in [0.1, 0.15) is 11.2 Å². The summed E-state index contributed by atoms with van der Waals surface area (Å²) in [6, 6.07) is 6.95. The van der Waals surface area contributed by atoms with Gasteiger partial charge < -0.3 is 4.90 Å². The largest absolute Gasteiger partial charge is 0.330 e. The molecule has 0 saturated heterocycles. The van der Waals surface area contributed by atoms with Gasteiger partial charge >= 0.3 is 0 Å². The van der Waals surface area contributed by atoms with Crippen molar-refractivity contribution >= 4 is 38.0 Å². The van der Waals surface area contributed by atoms with E-state index < -0.39 is 10.0 Å². The second kappa shape index (κ2) is 4.66. The van der Waals surface area contributed by atoms with E-state index in [1.807, 2.05) is 17.0 Å². The van der Waals surface area contributed by atoms with Crippen molar-refractivity contribution in [1.29, 1.82) is 0 Å². The van der Waals surface area contributed by atoms with Gasteiger partial charge in [-0.05, 0) is 17.5 Å². The highest BCUT2D eigenvalue weighted by molar-refractivity contribution is 9.09. The zero-order valence-corrected chi connectivity index (χ0v) is 12.7. The van der Waals surface area contributed by atoms with Crippen LogP contribution in [0.5, 0.6) is 0 Å². The summed E-state index contributed by atoms with van der Waals surface area (Å²) in [5.41, 5.74) is 0.724. The first-order valence-electron chi connectivity index (χ1n) is 5.58. The summed E-state index contributed by atoms with van der Waals surface area (Å²) in [6.45, 7) is 4.93. The average molecular weight is 331 g/mol. The predicted molar refractivity (Wildman–Crippen MR) is 77.0 cm³/mol. The Morgan fingerprint density at radius 1 is 1.33 bits per heavy atom. The molecule has 1 heterocycles. The third-order valence-corrected chi connectivity index (χ3v) is 5.53. The summed E-state index contributed by atoms with van der Waals surface area (Å²) < 4.78 is 27.3. The number of anilines is 1. The normalized spacial score (nSPS) is 17.6. The van der Waals surface area contributed by atoms with Crippen molar-refractivity contribution in [1.82, 2.24) is 0 Å². The molecule has 1 aromatic carbocycles. The van der Waals surface area contributed by atoms with E-state index in [-0.39, 0.29) is 10.3 Å². The highest BCUT2D eigenvalue weighted by atomic mass is 79.9. The van der Waals surface area contributed by atoms with Gasteiger partial charge in [0.25, 0.3) is 10.0 Å². The zero-order chi connectivity index (χ0) is 13.4. The van der Waals surface area contributed by atoms with Gasteiger partial charge in [0.2, 0.25) is 0 Å². The first-order chi connectivity index (χ1) is 8.36. The van der Waals surface area contributed by atoms with E-state index in [0.29, 0.717) is 12.2 Å². The molecule has 0 fully saturated rings. The molecule has 0 saturated carbocycles. The zero-order valence-electron chi connectivity index (χ0n) is 10.3. The van der Waals surface area contributed by atoms with Crippen molar-refractivity contribution in [3.63, 3.8) is 0 Å². The molecule has 1 aromatic rings. The first kappa shape index (κ1) is 13.5. The number of alkyl halides is 1. The number of rotatable bonds is 3. The number of hydrogen-bond donors (Lipinski definition) is 0. The van der Waals surface area contributed by atoms with Crippen molar-refractivity contribution in [2.75, 3.05) is 16.8 Å². The van der Waals surface area contributed by atoms with Gasteiger partial charge in [0, 0.05) is 11.9 Å². The summed E-state index contributed by atoms with van der Waals surface area (Å²) >= 11 is 3.47. The van der Waals surface area contributed by atoms with E-state index >= 15 is 0 Å². The number of hydrogen-bond acceptors (Lipinski definition) is 3. The monoisotopic (exact) mass is 330 g/mol. The van der Waals surface area contributed by atoms with Crippen molar-refractivity contribution in [3.8, 4) is 0 Å². The lowest BCUT2D eigenvalue weighted by Gasteiger charge is -2.32. The number of fused-ring (bicyclic) bond motifs is 1. The molecule has 0 atom stereocenters. The first-order valence-corrected chi connectivity index (χ1v) is 8.14. The molecule has 1 aliphatic rings. The van der Waals surface area contributed by atoms with Crippen molar-refractivity contribution in [2.45, 2.75) is 18.7 Å². The van der Waals surface area contributed by atoms with Gasteiger partial charge in [-0.3, -0.25) is 0 Å². The number of benzene rings is 1. The average Bonchev–Trinajstić information content (AvgIpc) is 2.33. The summed E-state index contributed by atoms with van der Waals surface area (Å²) in [6.07, 6.45) is 1.40. The molecular weight excluding hydrogens is 316 g/mol. The molecule has 0 unspecified atom stereocenters. The molecule has 1 aliphatic heterocycles. The van der Waals surface area contributed by atoms with Crippen LogP contribution in [0.4, 0.5) is 5.69 Å². The minimum atomic E-state index is -3.52. The fourth-order valence-electron chi connectivity index (χ4n) is 1.78. The molecule has 6 heteroatoms. The van der Waals surface area contributed by atoms with Crippen LogP contribution in [0, 0.1) is 5.41 Å². The lowest BCUT2D eigenvalue weighted by atomic mass is 9.96. The Hall–Kier alpha value is -0.880. The van der Waals surface area contributed by atoms with Crippen LogP contribution < -0.4 is 4.90 Å². The standard InChI is InChI=1S/C12H15BrN2O2S/c1-12(2,7-13)8-15-9-14-18(16,17)11-6-4-3-5-10(11)15/h3-6,9H,7-8H2,1-2H3. The van der Waals surface area contributed by atoms with Crippen LogP contribution >= 0.6 is 15.9 Å². The fraction of sp³-hybridized carbons (Fsp3) is 0.417. The number of para-hydroxylation sites is 1. The number of nitrogens with zero attached hydrogens (tertiary/aromatic N) is 2. The molecule has 0 bridgehead atoms. The minimum Gasteiger partial charge on any atom is -0.330 e. The molecule has 2 rings (SSSR count). The van der Waals surface area contributed by atoms with Crippen molar-refractivity contribution < 1.29 is 8.42 Å². The molecule has 0 radical (unpaired) electrons. The van der Waals surface area contributed by atoms with Crippen LogP contribution in [-0.2, 0) is 10.0 Å². The highest BCUT2D eigenvalue weighted by Crippen LogP contribution is 2.31. The Balaban J connectivity index is 2.43. The second-order valence-electron chi connectivity index (χ2n) is 5.09. The van der Waals surface area contributed by atoms with E-state index in [9.17, 15) is 8.42 Å². The van der Waals surface area contributed by atoms with E-state index in [4.69, 9.17) is 0 Å².